The molecule has 0 radical (unpaired) electrons. The first-order valence-corrected chi connectivity index (χ1v) is 6.34. The second-order valence-corrected chi connectivity index (χ2v) is 4.62. The van der Waals surface area contributed by atoms with Crippen molar-refractivity contribution in [3.63, 3.8) is 0 Å². The number of aromatic nitrogens is 2. The third kappa shape index (κ3) is 2.68. The summed E-state index contributed by atoms with van der Waals surface area (Å²) >= 11 is 1.57. The highest BCUT2D eigenvalue weighted by atomic mass is 32.1. The van der Waals surface area contributed by atoms with Crippen molar-refractivity contribution in [1.29, 1.82) is 0 Å². The highest BCUT2D eigenvalue weighted by Gasteiger charge is 2.18. The molecule has 1 atom stereocenters. The molecule has 0 aromatic carbocycles. The molecule has 2 rings (SSSR count). The number of aryl methyl sites for hydroxylation is 1. The lowest BCUT2D eigenvalue weighted by Crippen LogP contribution is -2.22. The van der Waals surface area contributed by atoms with Crippen LogP contribution in [0.5, 0.6) is 0 Å². The second-order valence-electron chi connectivity index (χ2n) is 3.73. The van der Waals surface area contributed by atoms with Crippen LogP contribution in [0.2, 0.25) is 0 Å². The number of pyridine rings is 1. The van der Waals surface area contributed by atoms with Gasteiger partial charge in [0, 0.05) is 11.1 Å². The van der Waals surface area contributed by atoms with Crippen molar-refractivity contribution >= 4 is 11.3 Å². The molecule has 90 valence electrons. The average molecular weight is 251 g/mol. The Morgan fingerprint density at radius 3 is 2.88 bits per heavy atom. The molecule has 1 N–H and O–H groups in total. The van der Waals surface area contributed by atoms with Gasteiger partial charge in [0.25, 0.3) is 0 Å². The summed E-state index contributed by atoms with van der Waals surface area (Å²) in [6.45, 7) is 4.79. The lowest BCUT2D eigenvalue weighted by atomic mass is 10.1. The molecule has 0 saturated heterocycles. The van der Waals surface area contributed by atoms with Crippen molar-refractivity contribution in [2.24, 2.45) is 0 Å². The molecule has 2 heterocycles. The molecule has 0 spiro atoms. The number of rotatable bonds is 4. The van der Waals surface area contributed by atoms with Crippen LogP contribution in [-0.4, -0.2) is 16.5 Å². The van der Waals surface area contributed by atoms with Gasteiger partial charge in [0.05, 0.1) is 23.4 Å². The van der Waals surface area contributed by atoms with Gasteiger partial charge in [-0.15, -0.1) is 11.3 Å². The second kappa shape index (κ2) is 5.33. The number of nitrogens with zero attached hydrogens (tertiary/aromatic N) is 2. The van der Waals surface area contributed by atoms with Gasteiger partial charge in [-0.05, 0) is 25.1 Å². The van der Waals surface area contributed by atoms with Gasteiger partial charge in [0.2, 0.25) is 0 Å². The zero-order chi connectivity index (χ0) is 12.3. The molecule has 0 fully saturated rings. The van der Waals surface area contributed by atoms with Gasteiger partial charge in [-0.1, -0.05) is 6.92 Å². The van der Waals surface area contributed by atoms with E-state index < -0.39 is 0 Å². The van der Waals surface area contributed by atoms with Gasteiger partial charge in [-0.2, -0.15) is 0 Å². The summed E-state index contributed by atoms with van der Waals surface area (Å²) < 4.78 is 13.2. The molecular formula is C12H14FN3S. The molecule has 0 aliphatic rings. The van der Waals surface area contributed by atoms with Crippen molar-refractivity contribution in [3.8, 4) is 0 Å². The van der Waals surface area contributed by atoms with E-state index in [1.807, 2.05) is 19.4 Å². The number of thiazole rings is 1. The van der Waals surface area contributed by atoms with Crippen LogP contribution < -0.4 is 5.32 Å². The normalized spacial score (nSPS) is 12.6. The predicted octanol–water partition coefficient (Wildman–Crippen LogP) is 2.68. The van der Waals surface area contributed by atoms with E-state index in [1.54, 1.807) is 17.5 Å². The van der Waals surface area contributed by atoms with Crippen molar-refractivity contribution in [3.05, 3.63) is 45.9 Å². The quantitative estimate of drug-likeness (QED) is 0.908. The third-order valence-corrected chi connectivity index (χ3v) is 3.51. The highest BCUT2D eigenvalue weighted by molar-refractivity contribution is 7.09. The van der Waals surface area contributed by atoms with Crippen LogP contribution in [0.15, 0.2) is 24.0 Å². The summed E-state index contributed by atoms with van der Waals surface area (Å²) in [5.41, 5.74) is 3.62. The summed E-state index contributed by atoms with van der Waals surface area (Å²) in [5, 5.41) is 3.33. The molecule has 2 aromatic rings. The monoisotopic (exact) mass is 251 g/mol. The van der Waals surface area contributed by atoms with E-state index in [0.717, 1.165) is 22.7 Å². The van der Waals surface area contributed by atoms with Crippen molar-refractivity contribution < 1.29 is 4.39 Å². The van der Waals surface area contributed by atoms with Gasteiger partial charge in [0.15, 0.2) is 0 Å². The van der Waals surface area contributed by atoms with Crippen LogP contribution >= 0.6 is 11.3 Å². The van der Waals surface area contributed by atoms with Crippen LogP contribution in [0.4, 0.5) is 4.39 Å². The van der Waals surface area contributed by atoms with E-state index in [9.17, 15) is 4.39 Å². The maximum atomic E-state index is 13.2. The standard InChI is InChI=1S/C12H14FN3S/c1-3-15-11(12-8(2)16-7-17-12)9-4-10(13)6-14-5-9/h4-7,11,15H,3H2,1-2H3. The van der Waals surface area contributed by atoms with Crippen molar-refractivity contribution in [2.45, 2.75) is 19.9 Å². The smallest absolute Gasteiger partial charge is 0.141 e. The van der Waals surface area contributed by atoms with Gasteiger partial charge >= 0.3 is 0 Å². The lowest BCUT2D eigenvalue weighted by molar-refractivity contribution is 0.598. The van der Waals surface area contributed by atoms with E-state index in [1.165, 1.54) is 12.3 Å². The van der Waals surface area contributed by atoms with E-state index in [0.29, 0.717) is 0 Å². The summed E-state index contributed by atoms with van der Waals surface area (Å²) in [6, 6.07) is 1.48. The molecule has 0 saturated carbocycles. The molecule has 0 amide bonds. The first-order chi connectivity index (χ1) is 8.22. The fourth-order valence-electron chi connectivity index (χ4n) is 1.74. The Kier molecular flexibility index (Phi) is 3.81. The van der Waals surface area contributed by atoms with Crippen molar-refractivity contribution in [2.75, 3.05) is 6.54 Å². The first-order valence-electron chi connectivity index (χ1n) is 5.46. The predicted molar refractivity (Wildman–Crippen MR) is 66.6 cm³/mol. The zero-order valence-corrected chi connectivity index (χ0v) is 10.6. The number of nitrogens with one attached hydrogen (secondary N) is 1. The minimum absolute atomic E-state index is 0.0318. The third-order valence-electron chi connectivity index (χ3n) is 2.51. The molecular weight excluding hydrogens is 237 g/mol. The van der Waals surface area contributed by atoms with Crippen LogP contribution in [-0.2, 0) is 0 Å². The summed E-state index contributed by atoms with van der Waals surface area (Å²) in [7, 11) is 0. The zero-order valence-electron chi connectivity index (χ0n) is 9.77. The molecule has 17 heavy (non-hydrogen) atoms. The van der Waals surface area contributed by atoms with E-state index in [-0.39, 0.29) is 11.9 Å². The minimum atomic E-state index is -0.312. The Hall–Kier alpha value is -1.33. The molecule has 1 unspecified atom stereocenters. The number of halogens is 1. The van der Waals surface area contributed by atoms with Gasteiger partial charge in [-0.25, -0.2) is 9.37 Å². The molecule has 2 aromatic heterocycles. The topological polar surface area (TPSA) is 37.8 Å². The van der Waals surface area contributed by atoms with Crippen LogP contribution in [0.25, 0.3) is 0 Å². The van der Waals surface area contributed by atoms with Crippen LogP contribution in [0.3, 0.4) is 0 Å². The summed E-state index contributed by atoms with van der Waals surface area (Å²) in [5.74, 6) is -0.312. The van der Waals surface area contributed by atoms with E-state index in [2.05, 4.69) is 15.3 Å². The molecule has 5 heteroatoms. The Labute approximate surface area is 104 Å². The van der Waals surface area contributed by atoms with Crippen LogP contribution in [0.1, 0.15) is 29.1 Å². The maximum Gasteiger partial charge on any atom is 0.141 e. The fourth-order valence-corrected chi connectivity index (χ4v) is 2.64. The Bertz CT molecular complexity index is 498. The number of hydrogen-bond donors (Lipinski definition) is 1. The SMILES string of the molecule is CCNC(c1cncc(F)c1)c1scnc1C. The van der Waals surface area contributed by atoms with Crippen molar-refractivity contribution in [1.82, 2.24) is 15.3 Å². The largest absolute Gasteiger partial charge is 0.306 e. The van der Waals surface area contributed by atoms with Crippen LogP contribution in [0, 0.1) is 12.7 Å². The van der Waals surface area contributed by atoms with E-state index in [4.69, 9.17) is 0 Å². The number of hydrogen-bond acceptors (Lipinski definition) is 4. The van der Waals surface area contributed by atoms with Gasteiger partial charge < -0.3 is 5.32 Å². The van der Waals surface area contributed by atoms with Gasteiger partial charge in [-0.3, -0.25) is 4.98 Å². The minimum Gasteiger partial charge on any atom is -0.306 e. The highest BCUT2D eigenvalue weighted by Crippen LogP contribution is 2.27. The van der Waals surface area contributed by atoms with Gasteiger partial charge in [0.1, 0.15) is 5.82 Å². The summed E-state index contributed by atoms with van der Waals surface area (Å²) in [4.78, 5) is 9.24. The fraction of sp³-hybridized carbons (Fsp3) is 0.333. The molecule has 0 aliphatic carbocycles. The molecule has 0 aliphatic heterocycles. The summed E-state index contributed by atoms with van der Waals surface area (Å²) in [6.07, 6.45) is 2.90. The Morgan fingerprint density at radius 2 is 2.29 bits per heavy atom. The Balaban J connectivity index is 2.39. The van der Waals surface area contributed by atoms with E-state index >= 15 is 0 Å². The Morgan fingerprint density at radius 1 is 1.47 bits per heavy atom. The molecule has 3 nitrogen and oxygen atoms in total. The lowest BCUT2D eigenvalue weighted by Gasteiger charge is -2.17. The maximum absolute atomic E-state index is 13.2. The molecule has 0 bridgehead atoms. The average Bonchev–Trinajstić information content (AvgIpc) is 2.72. The first kappa shape index (κ1) is 12.1.